The summed E-state index contributed by atoms with van der Waals surface area (Å²) in [6.45, 7) is 4.52. The first-order valence-electron chi connectivity index (χ1n) is 4.14. The molecule has 0 aliphatic rings. The fraction of sp³-hybridized carbons (Fsp3) is 0.875. The molecule has 0 aliphatic heterocycles. The van der Waals surface area contributed by atoms with E-state index in [1.165, 1.54) is 0 Å². The van der Waals surface area contributed by atoms with Gasteiger partial charge in [0.2, 0.25) is 5.91 Å². The molecule has 0 fully saturated rings. The van der Waals surface area contributed by atoms with E-state index < -0.39 is 0 Å². The fourth-order valence-corrected chi connectivity index (χ4v) is 0.705. The third-order valence-corrected chi connectivity index (χ3v) is 1.58. The van der Waals surface area contributed by atoms with Crippen LogP contribution >= 0.6 is 0 Å². The van der Waals surface area contributed by atoms with E-state index in [1.54, 1.807) is 7.11 Å². The number of hydrogen-bond donors (Lipinski definition) is 1. The van der Waals surface area contributed by atoms with Gasteiger partial charge in [0, 0.05) is 13.7 Å². The van der Waals surface area contributed by atoms with Gasteiger partial charge in [-0.15, -0.1) is 0 Å². The lowest BCUT2D eigenvalue weighted by atomic mass is 10.5. The lowest BCUT2D eigenvalue weighted by Crippen LogP contribution is -2.36. The topological polar surface area (TPSA) is 41.6 Å². The van der Waals surface area contributed by atoms with Crippen LogP contribution in [0, 0.1) is 0 Å². The van der Waals surface area contributed by atoms with Crippen molar-refractivity contribution in [2.45, 2.75) is 6.92 Å². The minimum atomic E-state index is 0.0522. The van der Waals surface area contributed by atoms with Gasteiger partial charge in [-0.3, -0.25) is 9.69 Å². The van der Waals surface area contributed by atoms with Crippen molar-refractivity contribution >= 4 is 5.91 Å². The summed E-state index contributed by atoms with van der Waals surface area (Å²) in [5.74, 6) is 0.0522. The van der Waals surface area contributed by atoms with E-state index in [-0.39, 0.29) is 5.91 Å². The zero-order valence-electron chi connectivity index (χ0n) is 8.09. The SMILES string of the molecule is CCN(C)CC(=O)NCCOC. The summed E-state index contributed by atoms with van der Waals surface area (Å²) in [5, 5.41) is 2.74. The summed E-state index contributed by atoms with van der Waals surface area (Å²) >= 11 is 0. The number of nitrogens with one attached hydrogen (secondary N) is 1. The molecule has 4 nitrogen and oxygen atoms in total. The predicted octanol–water partition coefficient (Wildman–Crippen LogP) is -0.299. The van der Waals surface area contributed by atoms with Crippen LogP contribution in [0.15, 0.2) is 0 Å². The summed E-state index contributed by atoms with van der Waals surface area (Å²) in [5.41, 5.74) is 0. The molecule has 0 bridgehead atoms. The molecule has 0 saturated heterocycles. The van der Waals surface area contributed by atoms with Crippen LogP contribution in [0.3, 0.4) is 0 Å². The highest BCUT2D eigenvalue weighted by molar-refractivity contribution is 5.77. The average molecular weight is 174 g/mol. The third kappa shape index (κ3) is 6.12. The van der Waals surface area contributed by atoms with Crippen LogP contribution < -0.4 is 5.32 Å². The molecular formula is C8H18N2O2. The number of hydrogen-bond acceptors (Lipinski definition) is 3. The normalized spacial score (nSPS) is 10.3. The zero-order valence-corrected chi connectivity index (χ0v) is 8.09. The highest BCUT2D eigenvalue weighted by Crippen LogP contribution is 1.79. The molecule has 0 aromatic heterocycles. The van der Waals surface area contributed by atoms with E-state index in [4.69, 9.17) is 4.74 Å². The number of carbonyl (C=O) groups excluding carboxylic acids is 1. The smallest absolute Gasteiger partial charge is 0.234 e. The van der Waals surface area contributed by atoms with Crippen LogP contribution in [0.1, 0.15) is 6.92 Å². The van der Waals surface area contributed by atoms with Crippen LogP contribution in [0.2, 0.25) is 0 Å². The van der Waals surface area contributed by atoms with Gasteiger partial charge in [0.15, 0.2) is 0 Å². The Hall–Kier alpha value is -0.610. The molecule has 0 rings (SSSR count). The highest BCUT2D eigenvalue weighted by atomic mass is 16.5. The van der Waals surface area contributed by atoms with E-state index in [1.807, 2.05) is 18.9 Å². The van der Waals surface area contributed by atoms with Gasteiger partial charge < -0.3 is 10.1 Å². The summed E-state index contributed by atoms with van der Waals surface area (Å²) < 4.78 is 4.80. The molecule has 0 atom stereocenters. The third-order valence-electron chi connectivity index (χ3n) is 1.58. The molecule has 12 heavy (non-hydrogen) atoms. The Morgan fingerprint density at radius 1 is 1.58 bits per heavy atom. The quantitative estimate of drug-likeness (QED) is 0.562. The number of methoxy groups -OCH3 is 1. The molecule has 0 aromatic carbocycles. The maximum Gasteiger partial charge on any atom is 0.234 e. The molecule has 4 heteroatoms. The van der Waals surface area contributed by atoms with Crippen molar-refractivity contribution in [1.29, 1.82) is 0 Å². The van der Waals surface area contributed by atoms with Gasteiger partial charge in [0.25, 0.3) is 0 Å². The minimum absolute atomic E-state index is 0.0522. The summed E-state index contributed by atoms with van der Waals surface area (Å²) in [6, 6.07) is 0. The Kier molecular flexibility index (Phi) is 6.70. The van der Waals surface area contributed by atoms with E-state index in [0.717, 1.165) is 6.54 Å². The first-order valence-corrected chi connectivity index (χ1v) is 4.14. The lowest BCUT2D eigenvalue weighted by molar-refractivity contribution is -0.122. The summed E-state index contributed by atoms with van der Waals surface area (Å²) in [7, 11) is 3.53. The molecular weight excluding hydrogens is 156 g/mol. The minimum Gasteiger partial charge on any atom is -0.383 e. The number of amides is 1. The number of rotatable bonds is 6. The molecule has 0 unspecified atom stereocenters. The fourth-order valence-electron chi connectivity index (χ4n) is 0.705. The van der Waals surface area contributed by atoms with Gasteiger partial charge in [-0.2, -0.15) is 0 Å². The number of ether oxygens (including phenoxy) is 1. The predicted molar refractivity (Wildman–Crippen MR) is 48.1 cm³/mol. The molecule has 0 aliphatic carbocycles. The van der Waals surface area contributed by atoms with E-state index in [9.17, 15) is 4.79 Å². The van der Waals surface area contributed by atoms with Crippen molar-refractivity contribution in [3.63, 3.8) is 0 Å². The van der Waals surface area contributed by atoms with Crippen molar-refractivity contribution < 1.29 is 9.53 Å². The molecule has 72 valence electrons. The second kappa shape index (κ2) is 7.06. The molecule has 0 spiro atoms. The largest absolute Gasteiger partial charge is 0.383 e. The first kappa shape index (κ1) is 11.4. The Morgan fingerprint density at radius 3 is 2.75 bits per heavy atom. The van der Waals surface area contributed by atoms with Crippen molar-refractivity contribution in [1.82, 2.24) is 10.2 Å². The monoisotopic (exact) mass is 174 g/mol. The van der Waals surface area contributed by atoms with Crippen LogP contribution in [-0.2, 0) is 9.53 Å². The van der Waals surface area contributed by atoms with E-state index >= 15 is 0 Å². The number of likely N-dealkylation sites (N-methyl/N-ethyl adjacent to an activating group) is 1. The number of carbonyl (C=O) groups is 1. The first-order chi connectivity index (χ1) is 5.70. The second-order valence-electron chi connectivity index (χ2n) is 2.67. The molecule has 0 heterocycles. The van der Waals surface area contributed by atoms with Gasteiger partial charge in [-0.05, 0) is 13.6 Å². The van der Waals surface area contributed by atoms with E-state index in [2.05, 4.69) is 5.32 Å². The van der Waals surface area contributed by atoms with Crippen LogP contribution in [0.5, 0.6) is 0 Å². The van der Waals surface area contributed by atoms with Crippen LogP contribution in [0.25, 0.3) is 0 Å². The standard InChI is InChI=1S/C8H18N2O2/c1-4-10(2)7-8(11)9-5-6-12-3/h4-7H2,1-3H3,(H,9,11). The molecule has 0 saturated carbocycles. The van der Waals surface area contributed by atoms with E-state index in [0.29, 0.717) is 19.7 Å². The molecule has 0 aromatic rings. The van der Waals surface area contributed by atoms with Crippen molar-refractivity contribution in [3.8, 4) is 0 Å². The second-order valence-corrected chi connectivity index (χ2v) is 2.67. The van der Waals surface area contributed by atoms with Gasteiger partial charge in [-0.25, -0.2) is 0 Å². The maximum atomic E-state index is 11.1. The van der Waals surface area contributed by atoms with Crippen molar-refractivity contribution in [2.75, 3.05) is 40.4 Å². The van der Waals surface area contributed by atoms with Crippen molar-refractivity contribution in [2.24, 2.45) is 0 Å². The lowest BCUT2D eigenvalue weighted by Gasteiger charge is -2.12. The highest BCUT2D eigenvalue weighted by Gasteiger charge is 2.02. The van der Waals surface area contributed by atoms with Gasteiger partial charge in [-0.1, -0.05) is 6.92 Å². The maximum absolute atomic E-state index is 11.1. The Bertz CT molecular complexity index is 128. The molecule has 0 radical (unpaired) electrons. The summed E-state index contributed by atoms with van der Waals surface area (Å²) in [4.78, 5) is 13.0. The van der Waals surface area contributed by atoms with Gasteiger partial charge in [0.05, 0.1) is 13.2 Å². The van der Waals surface area contributed by atoms with Crippen molar-refractivity contribution in [3.05, 3.63) is 0 Å². The average Bonchev–Trinajstić information content (AvgIpc) is 2.05. The Balaban J connectivity index is 3.33. The van der Waals surface area contributed by atoms with Crippen LogP contribution in [0.4, 0.5) is 0 Å². The van der Waals surface area contributed by atoms with Gasteiger partial charge in [0.1, 0.15) is 0 Å². The molecule has 1 amide bonds. The van der Waals surface area contributed by atoms with Crippen LogP contribution in [-0.4, -0.2) is 51.2 Å². The number of nitrogens with zero attached hydrogens (tertiary/aromatic N) is 1. The Morgan fingerprint density at radius 2 is 2.25 bits per heavy atom. The Labute approximate surface area is 73.9 Å². The van der Waals surface area contributed by atoms with Gasteiger partial charge >= 0.3 is 0 Å². The summed E-state index contributed by atoms with van der Waals surface area (Å²) in [6.07, 6.45) is 0. The molecule has 1 N–H and O–H groups in total. The zero-order chi connectivity index (χ0) is 9.40.